The van der Waals surface area contributed by atoms with Crippen molar-refractivity contribution < 1.29 is 14.3 Å². The third-order valence-electron chi connectivity index (χ3n) is 4.19. The van der Waals surface area contributed by atoms with Crippen molar-refractivity contribution in [1.82, 2.24) is 25.1 Å². The van der Waals surface area contributed by atoms with E-state index in [1.807, 2.05) is 7.05 Å². The Morgan fingerprint density at radius 1 is 1.29 bits per heavy atom. The van der Waals surface area contributed by atoms with E-state index in [4.69, 9.17) is 9.47 Å². The second-order valence-corrected chi connectivity index (χ2v) is 6.23. The molecule has 126 valence electrons. The van der Waals surface area contributed by atoms with Gasteiger partial charge in [0.1, 0.15) is 11.9 Å². The van der Waals surface area contributed by atoms with E-state index in [0.29, 0.717) is 30.4 Å². The molecule has 0 unspecified atom stereocenters. The molecule has 2 fully saturated rings. The number of aromatic nitrogens is 4. The van der Waals surface area contributed by atoms with Crippen LogP contribution in [0.2, 0.25) is 0 Å². The van der Waals surface area contributed by atoms with Crippen LogP contribution >= 0.6 is 0 Å². The number of carbonyl (C=O) groups excluding carboxylic acids is 1. The van der Waals surface area contributed by atoms with Crippen LogP contribution in [0.4, 0.5) is 0 Å². The van der Waals surface area contributed by atoms with Gasteiger partial charge in [-0.05, 0) is 12.8 Å². The van der Waals surface area contributed by atoms with Gasteiger partial charge in [0, 0.05) is 25.4 Å². The van der Waals surface area contributed by atoms with Gasteiger partial charge in [-0.2, -0.15) is 5.10 Å². The number of ether oxygens (including phenoxy) is 2. The first-order chi connectivity index (χ1) is 11.7. The normalized spacial score (nSPS) is 23.2. The van der Waals surface area contributed by atoms with Gasteiger partial charge in [0.15, 0.2) is 5.75 Å². The molecule has 8 heteroatoms. The molecule has 2 aromatic heterocycles. The Morgan fingerprint density at radius 3 is 2.75 bits per heavy atom. The van der Waals surface area contributed by atoms with Crippen LogP contribution in [-0.4, -0.2) is 51.0 Å². The van der Waals surface area contributed by atoms with Crippen LogP contribution in [0.5, 0.6) is 5.75 Å². The summed E-state index contributed by atoms with van der Waals surface area (Å²) in [6.45, 7) is 0.842. The minimum atomic E-state index is -0.246. The number of carbonyl (C=O) groups is 1. The molecule has 2 aromatic rings. The maximum Gasteiger partial charge on any atom is 0.254 e. The number of nitrogens with zero attached hydrogens (tertiary/aromatic N) is 4. The van der Waals surface area contributed by atoms with Gasteiger partial charge in [-0.3, -0.25) is 9.48 Å². The van der Waals surface area contributed by atoms with Crippen molar-refractivity contribution in [2.75, 3.05) is 13.2 Å². The number of aryl methyl sites for hydroxylation is 1. The van der Waals surface area contributed by atoms with Crippen molar-refractivity contribution in [3.05, 3.63) is 36.2 Å². The summed E-state index contributed by atoms with van der Waals surface area (Å²) >= 11 is 0. The molecule has 1 N–H and O–H groups in total. The lowest BCUT2D eigenvalue weighted by Gasteiger charge is -2.19. The van der Waals surface area contributed by atoms with Crippen LogP contribution in [0, 0.1) is 0 Å². The lowest BCUT2D eigenvalue weighted by atomic mass is 10.2. The van der Waals surface area contributed by atoms with Crippen molar-refractivity contribution in [3.8, 4) is 5.75 Å². The molecule has 24 heavy (non-hydrogen) atoms. The van der Waals surface area contributed by atoms with Gasteiger partial charge in [0.2, 0.25) is 0 Å². The van der Waals surface area contributed by atoms with E-state index in [1.54, 1.807) is 29.5 Å². The molecule has 4 rings (SSSR count). The average molecular weight is 329 g/mol. The molecule has 0 radical (unpaired) electrons. The lowest BCUT2D eigenvalue weighted by molar-refractivity contribution is 0.0903. The predicted octanol–water partition coefficient (Wildman–Crippen LogP) is 0.664. The lowest BCUT2D eigenvalue weighted by Crippen LogP contribution is -2.45. The highest BCUT2D eigenvalue weighted by atomic mass is 16.5. The molecule has 1 amide bonds. The Bertz CT molecular complexity index is 726. The SMILES string of the molecule is Cn1cc(O[C@@H]2COC[C@@H]2NC(=O)c2cnc(C3CC3)nc2)cn1. The van der Waals surface area contributed by atoms with Crippen LogP contribution in [0.1, 0.15) is 34.9 Å². The smallest absolute Gasteiger partial charge is 0.254 e. The van der Waals surface area contributed by atoms with Crippen molar-refractivity contribution in [1.29, 1.82) is 0 Å². The third kappa shape index (κ3) is 3.23. The molecule has 0 bridgehead atoms. The fourth-order valence-corrected chi connectivity index (χ4v) is 2.68. The number of amides is 1. The topological polar surface area (TPSA) is 91.2 Å². The van der Waals surface area contributed by atoms with Gasteiger partial charge in [0.25, 0.3) is 5.91 Å². The first-order valence-corrected chi connectivity index (χ1v) is 8.05. The van der Waals surface area contributed by atoms with Crippen LogP contribution < -0.4 is 10.1 Å². The predicted molar refractivity (Wildman–Crippen MR) is 83.7 cm³/mol. The molecule has 1 saturated carbocycles. The third-order valence-corrected chi connectivity index (χ3v) is 4.19. The van der Waals surface area contributed by atoms with Gasteiger partial charge in [-0.1, -0.05) is 0 Å². The highest BCUT2D eigenvalue weighted by Gasteiger charge is 2.32. The number of hydrogen-bond donors (Lipinski definition) is 1. The molecule has 1 aliphatic carbocycles. The highest BCUT2D eigenvalue weighted by Crippen LogP contribution is 2.37. The summed E-state index contributed by atoms with van der Waals surface area (Å²) in [4.78, 5) is 20.9. The van der Waals surface area contributed by atoms with Crippen LogP contribution in [0.3, 0.4) is 0 Å². The Balaban J connectivity index is 1.38. The maximum atomic E-state index is 12.4. The fraction of sp³-hybridized carbons (Fsp3) is 0.500. The first-order valence-electron chi connectivity index (χ1n) is 8.05. The summed E-state index contributed by atoms with van der Waals surface area (Å²) in [5, 5.41) is 7.01. The Hall–Kier alpha value is -2.48. The molecule has 3 heterocycles. The van der Waals surface area contributed by atoms with Gasteiger partial charge in [-0.15, -0.1) is 0 Å². The highest BCUT2D eigenvalue weighted by molar-refractivity contribution is 5.93. The van der Waals surface area contributed by atoms with Crippen molar-refractivity contribution in [2.45, 2.75) is 30.9 Å². The first kappa shape index (κ1) is 15.1. The van der Waals surface area contributed by atoms with E-state index in [2.05, 4.69) is 20.4 Å². The van der Waals surface area contributed by atoms with E-state index in [-0.39, 0.29) is 18.1 Å². The van der Waals surface area contributed by atoms with E-state index >= 15 is 0 Å². The summed E-state index contributed by atoms with van der Waals surface area (Å²) in [5.41, 5.74) is 0.450. The Morgan fingerprint density at radius 2 is 2.08 bits per heavy atom. The zero-order chi connectivity index (χ0) is 16.5. The van der Waals surface area contributed by atoms with Crippen molar-refractivity contribution in [3.63, 3.8) is 0 Å². The number of rotatable bonds is 5. The summed E-state index contributed by atoms with van der Waals surface area (Å²) in [7, 11) is 1.82. The standard InChI is InChI=1S/C16H19N5O3/c1-21-7-12(6-19-21)24-14-9-23-8-13(14)20-16(22)11-4-17-15(18-5-11)10-2-3-10/h4-7,10,13-14H,2-3,8-9H2,1H3,(H,20,22)/t13-,14+/m0/s1. The van der Waals surface area contributed by atoms with Crippen LogP contribution in [0.15, 0.2) is 24.8 Å². The molecule has 1 saturated heterocycles. The van der Waals surface area contributed by atoms with Gasteiger partial charge in [-0.25, -0.2) is 9.97 Å². The minimum absolute atomic E-state index is 0.215. The summed E-state index contributed by atoms with van der Waals surface area (Å²) in [5.74, 6) is 1.74. The van der Waals surface area contributed by atoms with Crippen LogP contribution in [0.25, 0.3) is 0 Å². The molecule has 0 aromatic carbocycles. The number of nitrogens with one attached hydrogen (secondary N) is 1. The average Bonchev–Trinajstić information content (AvgIpc) is 3.23. The second-order valence-electron chi connectivity index (χ2n) is 6.23. The molecule has 8 nitrogen and oxygen atoms in total. The molecule has 0 spiro atoms. The molecule has 2 atom stereocenters. The summed E-state index contributed by atoms with van der Waals surface area (Å²) < 4.78 is 13.0. The van der Waals surface area contributed by atoms with Crippen molar-refractivity contribution >= 4 is 5.91 Å². The monoisotopic (exact) mass is 329 g/mol. The summed E-state index contributed by atoms with van der Waals surface area (Å²) in [6.07, 6.45) is 8.62. The molecule has 1 aliphatic heterocycles. The van der Waals surface area contributed by atoms with Gasteiger partial charge in [0.05, 0.1) is 37.2 Å². The van der Waals surface area contributed by atoms with E-state index in [9.17, 15) is 4.79 Å². The van der Waals surface area contributed by atoms with Gasteiger partial charge >= 0.3 is 0 Å². The fourth-order valence-electron chi connectivity index (χ4n) is 2.68. The Labute approximate surface area is 139 Å². The quantitative estimate of drug-likeness (QED) is 0.867. The maximum absolute atomic E-state index is 12.4. The molecule has 2 aliphatic rings. The summed E-state index contributed by atoms with van der Waals surface area (Å²) in [6, 6.07) is -0.221. The zero-order valence-corrected chi connectivity index (χ0v) is 13.4. The zero-order valence-electron chi connectivity index (χ0n) is 13.4. The largest absolute Gasteiger partial charge is 0.482 e. The van der Waals surface area contributed by atoms with E-state index in [0.717, 1.165) is 18.7 Å². The number of hydrogen-bond acceptors (Lipinski definition) is 6. The molecular formula is C16H19N5O3. The molecular weight excluding hydrogens is 310 g/mol. The van der Waals surface area contributed by atoms with Crippen molar-refractivity contribution in [2.24, 2.45) is 7.05 Å². The Kier molecular flexibility index (Phi) is 3.89. The minimum Gasteiger partial charge on any atom is -0.482 e. The van der Waals surface area contributed by atoms with E-state index in [1.165, 1.54) is 0 Å². The second kappa shape index (κ2) is 6.20. The van der Waals surface area contributed by atoms with Crippen LogP contribution in [-0.2, 0) is 11.8 Å². The van der Waals surface area contributed by atoms with Gasteiger partial charge < -0.3 is 14.8 Å². The van der Waals surface area contributed by atoms with E-state index < -0.39 is 0 Å².